The van der Waals surface area contributed by atoms with Crippen LogP contribution in [0.1, 0.15) is 18.1 Å². The predicted octanol–water partition coefficient (Wildman–Crippen LogP) is -0.562. The number of hydrogen-bond donors (Lipinski definition) is 1. The zero-order valence-electron chi connectivity index (χ0n) is 7.93. The molecule has 76 valence electrons. The van der Waals surface area contributed by atoms with E-state index in [9.17, 15) is 4.79 Å². The minimum atomic E-state index is -0.362. The van der Waals surface area contributed by atoms with Crippen LogP contribution in [-0.2, 0) is 11.3 Å². The lowest BCUT2D eigenvalue weighted by molar-refractivity contribution is -0.129. The van der Waals surface area contributed by atoms with Crippen molar-refractivity contribution < 1.29 is 9.32 Å². The summed E-state index contributed by atoms with van der Waals surface area (Å²) >= 11 is 0. The van der Waals surface area contributed by atoms with Crippen LogP contribution in [-0.4, -0.2) is 33.5 Å². The van der Waals surface area contributed by atoms with E-state index < -0.39 is 0 Å². The second kappa shape index (κ2) is 3.38. The highest BCUT2D eigenvalue weighted by atomic mass is 16.5. The van der Waals surface area contributed by atoms with Gasteiger partial charge in [0.15, 0.2) is 5.82 Å². The topological polar surface area (TPSA) is 85.3 Å². The molecule has 1 atom stereocenters. The van der Waals surface area contributed by atoms with Gasteiger partial charge in [0.25, 0.3) is 0 Å². The van der Waals surface area contributed by atoms with Gasteiger partial charge in [-0.1, -0.05) is 5.16 Å². The Bertz CT molecular complexity index is 349. The molecule has 14 heavy (non-hydrogen) atoms. The van der Waals surface area contributed by atoms with E-state index in [2.05, 4.69) is 10.1 Å². The Kier molecular flexibility index (Phi) is 2.20. The molecule has 6 nitrogen and oxygen atoms in total. The normalized spacial score (nSPS) is 22.0. The van der Waals surface area contributed by atoms with Gasteiger partial charge in [-0.25, -0.2) is 0 Å². The molecule has 2 heterocycles. The molecule has 6 heteroatoms. The quantitative estimate of drug-likeness (QED) is 0.685. The van der Waals surface area contributed by atoms with Gasteiger partial charge in [0.1, 0.15) is 6.54 Å². The van der Waals surface area contributed by atoms with Crippen LogP contribution in [0, 0.1) is 6.92 Å². The first kappa shape index (κ1) is 9.14. The van der Waals surface area contributed by atoms with Crippen molar-refractivity contribution in [1.82, 2.24) is 15.0 Å². The second-order valence-corrected chi connectivity index (χ2v) is 3.39. The third kappa shape index (κ3) is 1.60. The Morgan fingerprint density at radius 3 is 3.00 bits per heavy atom. The van der Waals surface area contributed by atoms with Crippen LogP contribution in [0.25, 0.3) is 0 Å². The molecule has 0 saturated carbocycles. The van der Waals surface area contributed by atoms with Crippen LogP contribution in [0.3, 0.4) is 0 Å². The van der Waals surface area contributed by atoms with Gasteiger partial charge in [0, 0.05) is 6.54 Å². The van der Waals surface area contributed by atoms with Crippen molar-refractivity contribution in [3.05, 3.63) is 11.7 Å². The highest BCUT2D eigenvalue weighted by Gasteiger charge is 2.29. The fourth-order valence-electron chi connectivity index (χ4n) is 1.49. The number of likely N-dealkylation sites (tertiary alicyclic amines) is 1. The smallest absolute Gasteiger partial charge is 0.246 e. The van der Waals surface area contributed by atoms with E-state index in [1.165, 1.54) is 0 Å². The van der Waals surface area contributed by atoms with E-state index in [1.807, 2.05) is 0 Å². The van der Waals surface area contributed by atoms with Crippen LogP contribution in [0.5, 0.6) is 0 Å². The number of rotatable bonds is 2. The number of carbonyl (C=O) groups is 1. The van der Waals surface area contributed by atoms with E-state index in [-0.39, 0.29) is 11.9 Å². The first-order valence-corrected chi connectivity index (χ1v) is 4.50. The summed E-state index contributed by atoms with van der Waals surface area (Å²) in [5.41, 5.74) is 5.57. The standard InChI is InChI=1S/C8H12N4O2/c1-5-10-7(14-11-5)4-12-3-2-6(9)8(12)13/h6H,2-4,9H2,1H3. The zero-order chi connectivity index (χ0) is 10.1. The molecule has 1 amide bonds. The number of nitrogens with zero attached hydrogens (tertiary/aromatic N) is 3. The summed E-state index contributed by atoms with van der Waals surface area (Å²) in [6.07, 6.45) is 0.700. The predicted molar refractivity (Wildman–Crippen MR) is 47.0 cm³/mol. The lowest BCUT2D eigenvalue weighted by atomic mass is 10.3. The van der Waals surface area contributed by atoms with E-state index in [4.69, 9.17) is 10.3 Å². The highest BCUT2D eigenvalue weighted by molar-refractivity contribution is 5.83. The molecule has 1 aliphatic rings. The monoisotopic (exact) mass is 196 g/mol. The number of aromatic nitrogens is 2. The Morgan fingerprint density at radius 1 is 1.71 bits per heavy atom. The van der Waals surface area contributed by atoms with Crippen molar-refractivity contribution in [2.75, 3.05) is 6.54 Å². The van der Waals surface area contributed by atoms with Gasteiger partial charge in [-0.15, -0.1) is 0 Å². The van der Waals surface area contributed by atoms with Crippen LogP contribution >= 0.6 is 0 Å². The summed E-state index contributed by atoms with van der Waals surface area (Å²) in [4.78, 5) is 17.1. The molecule has 0 aliphatic carbocycles. The van der Waals surface area contributed by atoms with E-state index in [1.54, 1.807) is 11.8 Å². The Morgan fingerprint density at radius 2 is 2.50 bits per heavy atom. The molecular formula is C8H12N4O2. The largest absolute Gasteiger partial charge is 0.337 e. The van der Waals surface area contributed by atoms with Gasteiger partial charge in [0.05, 0.1) is 6.04 Å². The lowest BCUT2D eigenvalue weighted by Crippen LogP contribution is -2.33. The molecule has 2 N–H and O–H groups in total. The molecule has 0 radical (unpaired) electrons. The summed E-state index contributed by atoms with van der Waals surface area (Å²) in [7, 11) is 0. The van der Waals surface area contributed by atoms with Gasteiger partial charge in [0.2, 0.25) is 11.8 Å². The summed E-state index contributed by atoms with van der Waals surface area (Å²) in [5, 5.41) is 3.65. The van der Waals surface area contributed by atoms with Gasteiger partial charge in [-0.2, -0.15) is 4.98 Å². The SMILES string of the molecule is Cc1noc(CN2CCC(N)C2=O)n1. The molecule has 0 aromatic carbocycles. The Labute approximate surface area is 81.1 Å². The first-order valence-electron chi connectivity index (χ1n) is 4.50. The maximum atomic E-state index is 11.4. The molecule has 0 bridgehead atoms. The molecule has 1 unspecified atom stereocenters. The minimum absolute atomic E-state index is 0.0409. The minimum Gasteiger partial charge on any atom is -0.337 e. The van der Waals surface area contributed by atoms with Crippen molar-refractivity contribution >= 4 is 5.91 Å². The van der Waals surface area contributed by atoms with Gasteiger partial charge in [-0.3, -0.25) is 4.79 Å². The number of amides is 1. The Hall–Kier alpha value is -1.43. The molecule has 1 fully saturated rings. The van der Waals surface area contributed by atoms with Crippen LogP contribution in [0.2, 0.25) is 0 Å². The zero-order valence-corrected chi connectivity index (χ0v) is 7.93. The molecule has 1 aliphatic heterocycles. The van der Waals surface area contributed by atoms with Crippen molar-refractivity contribution in [1.29, 1.82) is 0 Å². The van der Waals surface area contributed by atoms with Crippen molar-refractivity contribution in [3.8, 4) is 0 Å². The van der Waals surface area contributed by atoms with Gasteiger partial charge in [-0.05, 0) is 13.3 Å². The fraction of sp³-hybridized carbons (Fsp3) is 0.625. The molecule has 0 spiro atoms. The molecule has 2 rings (SSSR count). The third-order valence-corrected chi connectivity index (χ3v) is 2.23. The first-order chi connectivity index (χ1) is 6.66. The summed E-state index contributed by atoms with van der Waals surface area (Å²) < 4.78 is 4.91. The van der Waals surface area contributed by atoms with Crippen molar-refractivity contribution in [2.24, 2.45) is 5.73 Å². The van der Waals surface area contributed by atoms with Gasteiger partial charge < -0.3 is 15.2 Å². The van der Waals surface area contributed by atoms with Crippen LogP contribution in [0.4, 0.5) is 0 Å². The number of carbonyl (C=O) groups excluding carboxylic acids is 1. The summed E-state index contributed by atoms with van der Waals surface area (Å²) in [5.74, 6) is 1.00. The summed E-state index contributed by atoms with van der Waals surface area (Å²) in [6, 6.07) is -0.362. The highest BCUT2D eigenvalue weighted by Crippen LogP contribution is 2.12. The van der Waals surface area contributed by atoms with E-state index in [0.717, 1.165) is 0 Å². The van der Waals surface area contributed by atoms with E-state index >= 15 is 0 Å². The second-order valence-electron chi connectivity index (χ2n) is 3.39. The molecule has 1 aromatic rings. The average Bonchev–Trinajstić information content (AvgIpc) is 2.67. The van der Waals surface area contributed by atoms with Crippen LogP contribution in [0.15, 0.2) is 4.52 Å². The molecule has 1 saturated heterocycles. The number of hydrogen-bond acceptors (Lipinski definition) is 5. The van der Waals surface area contributed by atoms with Crippen molar-refractivity contribution in [2.45, 2.75) is 25.9 Å². The fourth-order valence-corrected chi connectivity index (χ4v) is 1.49. The van der Waals surface area contributed by atoms with Crippen molar-refractivity contribution in [3.63, 3.8) is 0 Å². The lowest BCUT2D eigenvalue weighted by Gasteiger charge is -2.12. The van der Waals surface area contributed by atoms with E-state index in [0.29, 0.717) is 31.2 Å². The average molecular weight is 196 g/mol. The number of nitrogens with two attached hydrogens (primary N) is 1. The maximum Gasteiger partial charge on any atom is 0.246 e. The Balaban J connectivity index is 2.02. The maximum absolute atomic E-state index is 11.4. The molecule has 1 aromatic heterocycles. The summed E-state index contributed by atoms with van der Waals surface area (Å²) in [6.45, 7) is 2.78. The number of aryl methyl sites for hydroxylation is 1. The van der Waals surface area contributed by atoms with Gasteiger partial charge >= 0.3 is 0 Å². The van der Waals surface area contributed by atoms with Crippen LogP contribution < -0.4 is 5.73 Å². The third-order valence-electron chi connectivity index (χ3n) is 2.23. The molecular weight excluding hydrogens is 184 g/mol.